The van der Waals surface area contributed by atoms with E-state index in [4.69, 9.17) is 0 Å². The van der Waals surface area contributed by atoms with Crippen molar-refractivity contribution in [2.75, 3.05) is 5.75 Å². The molecule has 4 nitrogen and oxygen atoms in total. The van der Waals surface area contributed by atoms with Crippen molar-refractivity contribution in [2.45, 2.75) is 63.9 Å². The average molecular weight is 363 g/mol. The Labute approximate surface area is 155 Å². The molecule has 3 atom stereocenters. The Bertz CT molecular complexity index is 603. The number of amides is 2. The number of rotatable bonds is 6. The molecule has 1 saturated carbocycles. The summed E-state index contributed by atoms with van der Waals surface area (Å²) in [6, 6.07) is 7.90. The molecule has 5 heteroatoms. The van der Waals surface area contributed by atoms with E-state index in [1.54, 1.807) is 0 Å². The van der Waals surface area contributed by atoms with Gasteiger partial charge in [0.1, 0.15) is 0 Å². The molecule has 0 saturated heterocycles. The van der Waals surface area contributed by atoms with Gasteiger partial charge in [-0.25, -0.2) is 0 Å². The standard InChI is InChI=1S/C20H30N2O2S/c1-13(2)21-19(23)12-25-18-11-6-5-9-16(18)20(24)22-17-10-7-8-14(3)15(17)4/h5-6,9,11,13-15,17H,7-8,10,12H2,1-4H3,(H,21,23)(H,22,24). The fourth-order valence-corrected chi connectivity index (χ4v) is 4.18. The van der Waals surface area contributed by atoms with Crippen molar-refractivity contribution in [3.05, 3.63) is 29.8 Å². The first-order valence-corrected chi connectivity index (χ1v) is 10.2. The summed E-state index contributed by atoms with van der Waals surface area (Å²) >= 11 is 1.42. The lowest BCUT2D eigenvalue weighted by atomic mass is 9.78. The maximum atomic E-state index is 12.8. The molecule has 25 heavy (non-hydrogen) atoms. The molecule has 0 spiro atoms. The van der Waals surface area contributed by atoms with Gasteiger partial charge in [-0.2, -0.15) is 0 Å². The predicted octanol–water partition coefficient (Wildman–Crippen LogP) is 3.86. The summed E-state index contributed by atoms with van der Waals surface area (Å²) in [6.45, 7) is 8.37. The van der Waals surface area contributed by atoms with E-state index in [9.17, 15) is 9.59 Å². The summed E-state index contributed by atoms with van der Waals surface area (Å²) in [5.74, 6) is 1.42. The maximum Gasteiger partial charge on any atom is 0.252 e. The fourth-order valence-electron chi connectivity index (χ4n) is 3.32. The smallest absolute Gasteiger partial charge is 0.252 e. The lowest BCUT2D eigenvalue weighted by molar-refractivity contribution is -0.119. The van der Waals surface area contributed by atoms with E-state index in [0.29, 0.717) is 23.2 Å². The maximum absolute atomic E-state index is 12.8. The zero-order valence-corrected chi connectivity index (χ0v) is 16.5. The zero-order valence-electron chi connectivity index (χ0n) is 15.7. The minimum absolute atomic E-state index is 0.00932. The molecule has 2 amide bonds. The monoisotopic (exact) mass is 362 g/mol. The third-order valence-electron chi connectivity index (χ3n) is 4.96. The van der Waals surface area contributed by atoms with Gasteiger partial charge >= 0.3 is 0 Å². The summed E-state index contributed by atoms with van der Waals surface area (Å²) in [4.78, 5) is 25.5. The van der Waals surface area contributed by atoms with Gasteiger partial charge in [-0.05, 0) is 44.2 Å². The minimum atomic E-state index is -0.0293. The Morgan fingerprint density at radius 3 is 2.64 bits per heavy atom. The van der Waals surface area contributed by atoms with Crippen LogP contribution >= 0.6 is 11.8 Å². The van der Waals surface area contributed by atoms with Crippen LogP contribution in [0.25, 0.3) is 0 Å². The van der Waals surface area contributed by atoms with E-state index in [2.05, 4.69) is 24.5 Å². The van der Waals surface area contributed by atoms with E-state index in [1.807, 2.05) is 38.1 Å². The highest BCUT2D eigenvalue weighted by atomic mass is 32.2. The molecule has 1 aromatic carbocycles. The van der Waals surface area contributed by atoms with Gasteiger partial charge in [0.25, 0.3) is 5.91 Å². The number of carbonyl (C=O) groups excluding carboxylic acids is 2. The van der Waals surface area contributed by atoms with Crippen LogP contribution in [-0.2, 0) is 4.79 Å². The van der Waals surface area contributed by atoms with Gasteiger partial charge in [0, 0.05) is 17.0 Å². The van der Waals surface area contributed by atoms with E-state index in [-0.39, 0.29) is 23.9 Å². The predicted molar refractivity (Wildman–Crippen MR) is 104 cm³/mol. The summed E-state index contributed by atoms with van der Waals surface area (Å²) in [7, 11) is 0. The van der Waals surface area contributed by atoms with Crippen molar-refractivity contribution in [1.82, 2.24) is 10.6 Å². The van der Waals surface area contributed by atoms with E-state index >= 15 is 0 Å². The van der Waals surface area contributed by atoms with Crippen LogP contribution in [0.2, 0.25) is 0 Å². The highest BCUT2D eigenvalue weighted by Crippen LogP contribution is 2.30. The third-order valence-corrected chi connectivity index (χ3v) is 6.04. The van der Waals surface area contributed by atoms with Crippen molar-refractivity contribution in [1.29, 1.82) is 0 Å². The highest BCUT2D eigenvalue weighted by molar-refractivity contribution is 8.00. The van der Waals surface area contributed by atoms with Crippen LogP contribution in [0.3, 0.4) is 0 Å². The van der Waals surface area contributed by atoms with Crippen LogP contribution in [0, 0.1) is 11.8 Å². The molecule has 0 aliphatic heterocycles. The van der Waals surface area contributed by atoms with Gasteiger partial charge in [0.05, 0.1) is 11.3 Å². The third kappa shape index (κ3) is 5.77. The fraction of sp³-hybridized carbons (Fsp3) is 0.600. The molecule has 1 fully saturated rings. The van der Waals surface area contributed by atoms with Crippen molar-refractivity contribution in [3.63, 3.8) is 0 Å². The van der Waals surface area contributed by atoms with Crippen LogP contribution in [0.15, 0.2) is 29.2 Å². The number of carbonyl (C=O) groups is 2. The molecule has 0 heterocycles. The normalized spacial score (nSPS) is 23.3. The highest BCUT2D eigenvalue weighted by Gasteiger charge is 2.28. The van der Waals surface area contributed by atoms with E-state index in [1.165, 1.54) is 24.6 Å². The Hall–Kier alpha value is -1.49. The molecular weight excluding hydrogens is 332 g/mol. The number of hydrogen-bond donors (Lipinski definition) is 2. The summed E-state index contributed by atoms with van der Waals surface area (Å²) in [6.07, 6.45) is 3.45. The summed E-state index contributed by atoms with van der Waals surface area (Å²) in [5.41, 5.74) is 0.662. The van der Waals surface area contributed by atoms with Crippen LogP contribution in [-0.4, -0.2) is 29.7 Å². The van der Waals surface area contributed by atoms with Crippen molar-refractivity contribution in [3.8, 4) is 0 Å². The Morgan fingerprint density at radius 1 is 1.20 bits per heavy atom. The van der Waals surface area contributed by atoms with Crippen molar-refractivity contribution < 1.29 is 9.59 Å². The molecule has 0 aromatic heterocycles. The summed E-state index contributed by atoms with van der Waals surface area (Å²) < 4.78 is 0. The molecule has 0 radical (unpaired) electrons. The van der Waals surface area contributed by atoms with Crippen molar-refractivity contribution in [2.24, 2.45) is 11.8 Å². The molecule has 0 bridgehead atoms. The van der Waals surface area contributed by atoms with Crippen LogP contribution < -0.4 is 10.6 Å². The first kappa shape index (κ1) is 19.8. The Morgan fingerprint density at radius 2 is 1.92 bits per heavy atom. The zero-order chi connectivity index (χ0) is 18.4. The summed E-state index contributed by atoms with van der Waals surface area (Å²) in [5, 5.41) is 6.10. The first-order valence-electron chi connectivity index (χ1n) is 9.20. The van der Waals surface area contributed by atoms with Crippen molar-refractivity contribution >= 4 is 23.6 Å². The van der Waals surface area contributed by atoms with Gasteiger partial charge < -0.3 is 10.6 Å². The SMILES string of the molecule is CC(C)NC(=O)CSc1ccccc1C(=O)NC1CCCC(C)C1C. The van der Waals surface area contributed by atoms with Gasteiger partial charge in [0.15, 0.2) is 0 Å². The lowest BCUT2D eigenvalue weighted by Gasteiger charge is -2.34. The first-order chi connectivity index (χ1) is 11.9. The number of hydrogen-bond acceptors (Lipinski definition) is 3. The average Bonchev–Trinajstić information content (AvgIpc) is 2.56. The van der Waals surface area contributed by atoms with Gasteiger partial charge in [-0.3, -0.25) is 9.59 Å². The Kier molecular flexibility index (Phi) is 7.36. The molecule has 1 aliphatic rings. The van der Waals surface area contributed by atoms with Gasteiger partial charge in [-0.15, -0.1) is 11.8 Å². The molecule has 3 unspecified atom stereocenters. The van der Waals surface area contributed by atoms with Crippen LogP contribution in [0.5, 0.6) is 0 Å². The Balaban J connectivity index is 2.01. The molecular formula is C20H30N2O2S. The number of benzene rings is 1. The quantitative estimate of drug-likeness (QED) is 0.756. The largest absolute Gasteiger partial charge is 0.353 e. The lowest BCUT2D eigenvalue weighted by Crippen LogP contribution is -2.43. The van der Waals surface area contributed by atoms with Crippen LogP contribution in [0.1, 0.15) is 57.3 Å². The molecule has 2 N–H and O–H groups in total. The molecule has 1 aromatic rings. The topological polar surface area (TPSA) is 58.2 Å². The number of nitrogens with one attached hydrogen (secondary N) is 2. The molecule has 1 aliphatic carbocycles. The molecule has 2 rings (SSSR count). The number of thioether (sulfide) groups is 1. The van der Waals surface area contributed by atoms with Gasteiger partial charge in [0.2, 0.25) is 5.91 Å². The molecule has 138 valence electrons. The minimum Gasteiger partial charge on any atom is -0.353 e. The second-order valence-electron chi connectivity index (χ2n) is 7.35. The second kappa shape index (κ2) is 9.27. The van der Waals surface area contributed by atoms with Crippen LogP contribution in [0.4, 0.5) is 0 Å². The van der Waals surface area contributed by atoms with Gasteiger partial charge in [-0.1, -0.05) is 38.8 Å². The van der Waals surface area contributed by atoms with E-state index < -0.39 is 0 Å². The second-order valence-corrected chi connectivity index (χ2v) is 8.37. The van der Waals surface area contributed by atoms with E-state index in [0.717, 1.165) is 11.3 Å².